The van der Waals surface area contributed by atoms with Gasteiger partial charge in [0.25, 0.3) is 5.09 Å². The molecule has 8 heteroatoms. The van der Waals surface area contributed by atoms with E-state index in [4.69, 9.17) is 31.7 Å². The van der Waals surface area contributed by atoms with Crippen LogP contribution in [0.3, 0.4) is 0 Å². The molecular weight excluding hydrogens is 466 g/mol. The third-order valence-corrected chi connectivity index (χ3v) is 5.86. The summed E-state index contributed by atoms with van der Waals surface area (Å²) in [5, 5.41) is 16.8. The molecule has 0 radical (unpaired) electrons. The quantitative estimate of drug-likeness (QED) is 0.216. The highest BCUT2D eigenvalue weighted by atomic mass is 35.5. The van der Waals surface area contributed by atoms with Crippen LogP contribution in [-0.4, -0.2) is 19.8 Å². The largest absolute Gasteiger partial charge is 0.489 e. The number of ether oxygens (including phenoxy) is 1. The third kappa shape index (κ3) is 5.96. The van der Waals surface area contributed by atoms with Crippen LogP contribution in [0.2, 0.25) is 5.02 Å². The lowest BCUT2D eigenvalue weighted by Crippen LogP contribution is -2.11. The Bertz CT molecular complexity index is 1400. The van der Waals surface area contributed by atoms with E-state index in [-0.39, 0.29) is 6.04 Å². The first kappa shape index (κ1) is 23.8. The number of imidazole rings is 1. The van der Waals surface area contributed by atoms with Crippen molar-refractivity contribution in [2.75, 3.05) is 0 Å². The zero-order chi connectivity index (χ0) is 24.6. The third-order valence-electron chi connectivity index (χ3n) is 5.49. The van der Waals surface area contributed by atoms with E-state index in [0.29, 0.717) is 6.61 Å². The Kier molecular flexibility index (Phi) is 7.60. The Labute approximate surface area is 206 Å². The average molecular weight is 488 g/mol. The smallest absolute Gasteiger partial charge is 0.291 e. The van der Waals surface area contributed by atoms with Crippen molar-refractivity contribution in [3.8, 4) is 5.75 Å². The Morgan fingerprint density at radius 1 is 0.971 bits per heavy atom. The summed E-state index contributed by atoms with van der Waals surface area (Å²) >= 11 is 6.24. The normalized spacial score (nSPS) is 11.3. The minimum Gasteiger partial charge on any atom is -0.489 e. The molecule has 0 aliphatic heterocycles. The number of aromatic nitrogens is 2. The summed E-state index contributed by atoms with van der Waals surface area (Å²) in [5.74, 6) is 0.811. The van der Waals surface area contributed by atoms with Gasteiger partial charge < -0.3 is 14.5 Å². The summed E-state index contributed by atoms with van der Waals surface area (Å²) in [6.45, 7) is 0.438. The summed E-state index contributed by atoms with van der Waals surface area (Å²) < 4.78 is 8.11. The van der Waals surface area contributed by atoms with Crippen molar-refractivity contribution < 1.29 is 15.0 Å². The fraction of sp³-hybridized carbons (Fsp3) is 0.0741. The molecule has 0 amide bonds. The van der Waals surface area contributed by atoms with Crippen LogP contribution in [0, 0.1) is 10.1 Å². The second-order valence-corrected chi connectivity index (χ2v) is 8.07. The molecule has 5 aromatic rings. The number of rotatable bonds is 6. The van der Waals surface area contributed by atoms with Crippen LogP contribution in [0.4, 0.5) is 0 Å². The fourth-order valence-corrected chi connectivity index (χ4v) is 4.14. The van der Waals surface area contributed by atoms with Gasteiger partial charge in [0, 0.05) is 23.0 Å². The van der Waals surface area contributed by atoms with Crippen molar-refractivity contribution in [2.24, 2.45) is 0 Å². The minimum absolute atomic E-state index is 0.0196. The molecule has 0 aliphatic carbocycles. The number of halogens is 1. The molecule has 5 rings (SSSR count). The molecule has 0 saturated heterocycles. The first-order valence-electron chi connectivity index (χ1n) is 10.8. The van der Waals surface area contributed by atoms with Gasteiger partial charge in [0.2, 0.25) is 0 Å². The van der Waals surface area contributed by atoms with Gasteiger partial charge in [-0.1, -0.05) is 84.4 Å². The van der Waals surface area contributed by atoms with Crippen molar-refractivity contribution in [1.82, 2.24) is 9.55 Å². The Morgan fingerprint density at radius 2 is 1.66 bits per heavy atom. The molecule has 35 heavy (non-hydrogen) atoms. The SMILES string of the molecule is Clc1ccccc1COc1ccc(C(c2cccc3ccccc23)n2ccnc2)cc1.O=[N+]([O-])O. The predicted molar refractivity (Wildman–Crippen MR) is 134 cm³/mol. The second-order valence-electron chi connectivity index (χ2n) is 7.67. The number of hydrogen-bond acceptors (Lipinski definition) is 4. The van der Waals surface area contributed by atoms with E-state index in [1.165, 1.54) is 21.9 Å². The molecular formula is C27H22ClN3O4. The zero-order valence-corrected chi connectivity index (χ0v) is 19.3. The van der Waals surface area contributed by atoms with Crippen LogP contribution in [0.5, 0.6) is 5.75 Å². The zero-order valence-electron chi connectivity index (χ0n) is 18.6. The highest BCUT2D eigenvalue weighted by molar-refractivity contribution is 6.31. The molecule has 0 spiro atoms. The van der Waals surface area contributed by atoms with Gasteiger partial charge in [-0.05, 0) is 40.1 Å². The molecule has 1 aromatic heterocycles. The van der Waals surface area contributed by atoms with Crippen LogP contribution in [0.1, 0.15) is 22.7 Å². The predicted octanol–water partition coefficient (Wildman–Crippen LogP) is 6.56. The average Bonchev–Trinajstić information content (AvgIpc) is 3.39. The molecule has 1 unspecified atom stereocenters. The van der Waals surface area contributed by atoms with E-state index in [1.807, 2.05) is 55.1 Å². The van der Waals surface area contributed by atoms with E-state index >= 15 is 0 Å². The van der Waals surface area contributed by atoms with Gasteiger partial charge >= 0.3 is 0 Å². The standard InChI is InChI=1S/C27H21ClN2O.HNO3/c28-26-11-4-2-7-22(26)18-31-23-14-12-21(13-15-23)27(30-17-16-29-19-30)25-10-5-8-20-6-1-3-9-24(20)25;2-1(3)4/h1-17,19,27H,18H2;(H,2,3,4). The topological polar surface area (TPSA) is 90.4 Å². The van der Waals surface area contributed by atoms with E-state index in [1.54, 1.807) is 0 Å². The fourth-order valence-electron chi connectivity index (χ4n) is 3.95. The second kappa shape index (κ2) is 11.2. The maximum Gasteiger partial charge on any atom is 0.291 e. The van der Waals surface area contributed by atoms with Crippen LogP contribution < -0.4 is 4.74 Å². The van der Waals surface area contributed by atoms with E-state index in [0.717, 1.165) is 16.3 Å². The highest BCUT2D eigenvalue weighted by Gasteiger charge is 2.18. The van der Waals surface area contributed by atoms with Crippen molar-refractivity contribution >= 4 is 22.4 Å². The first-order chi connectivity index (χ1) is 17.0. The Morgan fingerprint density at radius 3 is 2.37 bits per heavy atom. The van der Waals surface area contributed by atoms with Crippen LogP contribution in [0.25, 0.3) is 10.8 Å². The van der Waals surface area contributed by atoms with Gasteiger partial charge in [0.15, 0.2) is 0 Å². The molecule has 0 saturated carbocycles. The molecule has 0 bridgehead atoms. The summed E-state index contributed by atoms with van der Waals surface area (Å²) in [5.41, 5.74) is 3.38. The van der Waals surface area contributed by atoms with E-state index < -0.39 is 5.09 Å². The lowest BCUT2D eigenvalue weighted by Gasteiger charge is -2.22. The summed E-state index contributed by atoms with van der Waals surface area (Å²) in [6, 6.07) is 31.0. The van der Waals surface area contributed by atoms with Gasteiger partial charge in [-0.15, -0.1) is 10.1 Å². The lowest BCUT2D eigenvalue weighted by molar-refractivity contribution is -0.742. The van der Waals surface area contributed by atoms with Gasteiger partial charge in [-0.25, -0.2) is 4.98 Å². The summed E-state index contributed by atoms with van der Waals surface area (Å²) in [4.78, 5) is 12.6. The summed E-state index contributed by atoms with van der Waals surface area (Å²) in [7, 11) is 0. The monoisotopic (exact) mass is 487 g/mol. The molecule has 4 aromatic carbocycles. The molecule has 1 heterocycles. The number of hydrogen-bond donors (Lipinski definition) is 1. The molecule has 7 nitrogen and oxygen atoms in total. The number of nitrogens with zero attached hydrogens (tertiary/aromatic N) is 3. The van der Waals surface area contributed by atoms with Gasteiger partial charge in [-0.2, -0.15) is 0 Å². The molecule has 0 fully saturated rings. The lowest BCUT2D eigenvalue weighted by atomic mass is 9.93. The summed E-state index contributed by atoms with van der Waals surface area (Å²) in [6.07, 6.45) is 5.70. The number of benzene rings is 4. The first-order valence-corrected chi connectivity index (χ1v) is 11.2. The van der Waals surface area contributed by atoms with Crippen molar-refractivity contribution in [2.45, 2.75) is 12.6 Å². The maximum atomic E-state index is 8.36. The van der Waals surface area contributed by atoms with Crippen LogP contribution in [-0.2, 0) is 6.61 Å². The molecule has 1 N–H and O–H groups in total. The van der Waals surface area contributed by atoms with Crippen molar-refractivity contribution in [3.63, 3.8) is 0 Å². The Hall–Kier alpha value is -4.36. The molecule has 176 valence electrons. The van der Waals surface area contributed by atoms with Crippen LogP contribution in [0.15, 0.2) is 110 Å². The molecule has 0 aliphatic rings. The van der Waals surface area contributed by atoms with Gasteiger partial charge in [0.05, 0.1) is 12.4 Å². The Balaban J connectivity index is 0.000000672. The van der Waals surface area contributed by atoms with Crippen LogP contribution >= 0.6 is 11.6 Å². The van der Waals surface area contributed by atoms with Crippen molar-refractivity contribution in [1.29, 1.82) is 0 Å². The van der Waals surface area contributed by atoms with Gasteiger partial charge in [-0.3, -0.25) is 0 Å². The highest BCUT2D eigenvalue weighted by Crippen LogP contribution is 2.33. The minimum atomic E-state index is -1.50. The van der Waals surface area contributed by atoms with Crippen molar-refractivity contribution in [3.05, 3.63) is 142 Å². The van der Waals surface area contributed by atoms with Gasteiger partial charge in [0.1, 0.15) is 12.4 Å². The van der Waals surface area contributed by atoms with E-state index in [2.05, 4.69) is 64.1 Å². The van der Waals surface area contributed by atoms with E-state index in [9.17, 15) is 0 Å². The maximum absolute atomic E-state index is 8.36. The molecule has 1 atom stereocenters. The number of fused-ring (bicyclic) bond motifs is 1.